The molecule has 0 radical (unpaired) electrons. The van der Waals surface area contributed by atoms with E-state index in [0.717, 1.165) is 81.8 Å². The van der Waals surface area contributed by atoms with Gasteiger partial charge >= 0.3 is 0 Å². The maximum Gasteiger partial charge on any atom is 0.247 e. The van der Waals surface area contributed by atoms with Crippen LogP contribution in [0.25, 0.3) is 12.2 Å². The Morgan fingerprint density at radius 2 is 1.03 bits per heavy atom. The van der Waals surface area contributed by atoms with Gasteiger partial charge in [0.2, 0.25) is 21.8 Å². The molecule has 4 aromatic rings. The maximum absolute atomic E-state index is 13.3. The summed E-state index contributed by atoms with van der Waals surface area (Å²) in [5.41, 5.74) is 10.3. The average molecular weight is 936 g/mol. The number of rotatable bonds is 10. The van der Waals surface area contributed by atoms with Crippen LogP contribution >= 0.6 is 23.2 Å². The van der Waals surface area contributed by atoms with E-state index in [-0.39, 0.29) is 47.6 Å². The molecule has 0 spiro atoms. The van der Waals surface area contributed by atoms with Gasteiger partial charge in [-0.25, -0.2) is 17.2 Å². The van der Waals surface area contributed by atoms with Gasteiger partial charge in [-0.3, -0.25) is 24.1 Å². The molecule has 12 nitrogen and oxygen atoms in total. The summed E-state index contributed by atoms with van der Waals surface area (Å²) in [6.07, 6.45) is 7.56. The zero-order valence-electron chi connectivity index (χ0n) is 36.1. The molecule has 4 aliphatic rings. The van der Waals surface area contributed by atoms with Crippen molar-refractivity contribution in [2.24, 2.45) is 0 Å². The van der Waals surface area contributed by atoms with E-state index < -0.39 is 10.0 Å². The molecule has 4 unspecified atom stereocenters. The number of benzene rings is 4. The van der Waals surface area contributed by atoms with Gasteiger partial charge in [0.1, 0.15) is 11.6 Å². The summed E-state index contributed by atoms with van der Waals surface area (Å²) in [7, 11) is 0.660. The Labute approximate surface area is 384 Å². The number of amides is 2. The molecule has 0 saturated carbocycles. The lowest BCUT2D eigenvalue weighted by molar-refractivity contribution is -0.141. The van der Waals surface area contributed by atoms with Crippen LogP contribution in [0.5, 0.6) is 0 Å². The van der Waals surface area contributed by atoms with Crippen LogP contribution in [0, 0.1) is 11.6 Å². The SMILES string of the molecule is CN1CC2CN(Cc3ccc(F)cc3)CC(C1)N2C(=O)/C=C/c1ccc(Cl)cc1N.CN1CC2CN(Cc3ccc(F)cc3)CC(C1)N2C(=O)/C=C/c1ccc(Cl)cc1NS(C)(=O)=O. The first kappa shape index (κ1) is 47.1. The third-order valence-corrected chi connectivity index (χ3v) is 12.9. The molecule has 4 aromatic carbocycles. The number of hydrogen-bond donors (Lipinski definition) is 2. The van der Waals surface area contributed by atoms with Crippen LogP contribution in [-0.4, -0.2) is 147 Å². The fourth-order valence-corrected chi connectivity index (χ4v) is 10.2. The standard InChI is InChI=1S/C24H28ClFN4O3S.C23H26ClFN4O/c1-28-13-21-15-29(12-17-3-8-20(26)9-4-17)16-22(14-28)30(21)24(31)10-6-18-5-7-19(25)11-23(18)27-34(2,32)33;1-27-12-20-14-28(11-16-2-7-19(25)8-3-16)15-21(13-27)29(20)23(30)9-5-17-4-6-18(24)10-22(17)26/h3-11,21-22,27H,12-16H2,1-2H3;2-10,20-21H,11-15,26H2,1H3/b10-6+;9-5+. The molecule has 4 fully saturated rings. The van der Waals surface area contributed by atoms with Crippen molar-refractivity contribution in [2.45, 2.75) is 37.3 Å². The molecule has 4 saturated heterocycles. The van der Waals surface area contributed by atoms with Gasteiger partial charge in [-0.15, -0.1) is 0 Å². The number of piperazine rings is 4. The molecular weight excluding hydrogens is 882 g/mol. The highest BCUT2D eigenvalue weighted by atomic mass is 35.5. The van der Waals surface area contributed by atoms with Gasteiger partial charge < -0.3 is 25.3 Å². The first-order chi connectivity index (χ1) is 30.5. The number of likely N-dealkylation sites (N-methyl/N-ethyl adjacent to an activating group) is 2. The van der Waals surface area contributed by atoms with E-state index in [1.54, 1.807) is 54.6 Å². The Balaban J connectivity index is 0.000000193. The first-order valence-electron chi connectivity index (χ1n) is 21.1. The van der Waals surface area contributed by atoms with Crippen molar-refractivity contribution in [1.82, 2.24) is 29.4 Å². The normalized spacial score (nSPS) is 22.1. The summed E-state index contributed by atoms with van der Waals surface area (Å²) in [6.45, 7) is 7.69. The van der Waals surface area contributed by atoms with E-state index in [1.807, 2.05) is 28.0 Å². The third kappa shape index (κ3) is 12.5. The number of fused-ring (bicyclic) bond motifs is 4. The van der Waals surface area contributed by atoms with Crippen molar-refractivity contribution < 1.29 is 26.8 Å². The van der Waals surface area contributed by atoms with Crippen LogP contribution in [0.2, 0.25) is 10.0 Å². The lowest BCUT2D eigenvalue weighted by atomic mass is 9.99. The molecule has 340 valence electrons. The van der Waals surface area contributed by atoms with Crippen molar-refractivity contribution in [2.75, 3.05) is 83.2 Å². The largest absolute Gasteiger partial charge is 0.398 e. The number of nitrogen functional groups attached to an aromatic ring is 1. The third-order valence-electron chi connectivity index (χ3n) is 11.9. The molecule has 4 bridgehead atoms. The number of nitrogens with two attached hydrogens (primary N) is 1. The van der Waals surface area contributed by atoms with Crippen molar-refractivity contribution in [1.29, 1.82) is 0 Å². The smallest absolute Gasteiger partial charge is 0.247 e. The van der Waals surface area contributed by atoms with Crippen molar-refractivity contribution in [3.8, 4) is 0 Å². The molecule has 8 rings (SSSR count). The number of sulfonamides is 1. The summed E-state index contributed by atoms with van der Waals surface area (Å²) in [5, 5.41) is 0.968. The predicted octanol–water partition coefficient (Wildman–Crippen LogP) is 5.99. The monoisotopic (exact) mass is 934 g/mol. The van der Waals surface area contributed by atoms with Gasteiger partial charge in [0.05, 0.1) is 36.1 Å². The second-order valence-electron chi connectivity index (χ2n) is 17.2. The minimum atomic E-state index is -3.50. The van der Waals surface area contributed by atoms with E-state index in [9.17, 15) is 26.8 Å². The van der Waals surface area contributed by atoms with Crippen molar-refractivity contribution in [3.05, 3.63) is 141 Å². The fraction of sp³-hybridized carbons (Fsp3) is 0.362. The van der Waals surface area contributed by atoms with Gasteiger partial charge in [0, 0.05) is 93.3 Å². The summed E-state index contributed by atoms with van der Waals surface area (Å²) < 4.78 is 52.3. The first-order valence-corrected chi connectivity index (χ1v) is 23.7. The average Bonchev–Trinajstić information content (AvgIpc) is 3.20. The van der Waals surface area contributed by atoms with E-state index in [0.29, 0.717) is 33.5 Å². The number of nitrogens with one attached hydrogen (secondary N) is 1. The number of carbonyl (C=O) groups is 2. The highest BCUT2D eigenvalue weighted by Gasteiger charge is 2.42. The quantitative estimate of drug-likeness (QED) is 0.146. The maximum atomic E-state index is 13.3. The summed E-state index contributed by atoms with van der Waals surface area (Å²) >= 11 is 12.0. The number of halogens is 4. The van der Waals surface area contributed by atoms with Crippen LogP contribution < -0.4 is 10.5 Å². The second kappa shape index (κ2) is 20.5. The Hall–Kier alpha value is -4.87. The zero-order chi connectivity index (χ0) is 45.7. The van der Waals surface area contributed by atoms with Gasteiger partial charge in [-0.05, 0) is 97.0 Å². The zero-order valence-corrected chi connectivity index (χ0v) is 38.4. The predicted molar refractivity (Wildman–Crippen MR) is 251 cm³/mol. The van der Waals surface area contributed by atoms with Crippen LogP contribution in [0.3, 0.4) is 0 Å². The summed E-state index contributed by atoms with van der Waals surface area (Å²) in [4.78, 5) is 39.5. The Kier molecular flexibility index (Phi) is 15.1. The van der Waals surface area contributed by atoms with Gasteiger partial charge in [-0.1, -0.05) is 59.6 Å². The number of anilines is 2. The molecule has 3 N–H and O–H groups in total. The fourth-order valence-electron chi connectivity index (χ4n) is 9.29. The van der Waals surface area contributed by atoms with Crippen LogP contribution in [0.15, 0.2) is 97.1 Å². The lowest BCUT2D eigenvalue weighted by Gasteiger charge is -2.52. The topological polar surface area (TPSA) is 126 Å². The van der Waals surface area contributed by atoms with Crippen molar-refractivity contribution in [3.63, 3.8) is 0 Å². The van der Waals surface area contributed by atoms with Crippen LogP contribution in [0.1, 0.15) is 22.3 Å². The highest BCUT2D eigenvalue weighted by Crippen LogP contribution is 2.28. The van der Waals surface area contributed by atoms with Crippen molar-refractivity contribution >= 4 is 68.6 Å². The van der Waals surface area contributed by atoms with Gasteiger partial charge in [-0.2, -0.15) is 0 Å². The molecule has 4 heterocycles. The number of carbonyl (C=O) groups excluding carboxylic acids is 2. The Bertz CT molecular complexity index is 2450. The Morgan fingerprint density at radius 3 is 1.44 bits per heavy atom. The Morgan fingerprint density at radius 1 is 0.641 bits per heavy atom. The molecule has 4 atom stereocenters. The summed E-state index contributed by atoms with van der Waals surface area (Å²) in [5.74, 6) is -0.570. The molecule has 0 aromatic heterocycles. The van der Waals surface area contributed by atoms with Gasteiger partial charge in [0.15, 0.2) is 0 Å². The van der Waals surface area contributed by atoms with E-state index in [1.165, 1.54) is 36.4 Å². The molecule has 4 aliphatic heterocycles. The lowest BCUT2D eigenvalue weighted by Crippen LogP contribution is -2.68. The second-order valence-corrected chi connectivity index (χ2v) is 19.9. The molecule has 0 aliphatic carbocycles. The number of hydrogen-bond acceptors (Lipinski definition) is 9. The van der Waals surface area contributed by atoms with Crippen LogP contribution in [0.4, 0.5) is 20.2 Å². The van der Waals surface area contributed by atoms with E-state index in [2.05, 4.69) is 38.4 Å². The molecule has 2 amide bonds. The number of nitrogens with zero attached hydrogens (tertiary/aromatic N) is 6. The molecule has 64 heavy (non-hydrogen) atoms. The summed E-state index contributed by atoms with van der Waals surface area (Å²) in [6, 6.07) is 23.6. The highest BCUT2D eigenvalue weighted by molar-refractivity contribution is 7.92. The van der Waals surface area contributed by atoms with Crippen LogP contribution in [-0.2, 0) is 32.7 Å². The molecule has 17 heteroatoms. The van der Waals surface area contributed by atoms with Gasteiger partial charge in [0.25, 0.3) is 0 Å². The van der Waals surface area contributed by atoms with E-state index in [4.69, 9.17) is 28.9 Å². The minimum absolute atomic E-state index is 0.00822. The minimum Gasteiger partial charge on any atom is -0.398 e. The van der Waals surface area contributed by atoms with E-state index >= 15 is 0 Å². The molecular formula is C47H54Cl2F2N8O4S.